The summed E-state index contributed by atoms with van der Waals surface area (Å²) in [6.07, 6.45) is 2.11. The monoisotopic (exact) mass is 336 g/mol. The number of hydrogen-bond donors (Lipinski definition) is 0. The first-order valence-electron chi connectivity index (χ1n) is 7.59. The van der Waals surface area contributed by atoms with E-state index in [1.165, 1.54) is 11.3 Å². The molecule has 3 nitrogen and oxygen atoms in total. The van der Waals surface area contributed by atoms with Crippen molar-refractivity contribution in [3.8, 4) is 10.6 Å². The second kappa shape index (κ2) is 7.75. The summed E-state index contributed by atoms with van der Waals surface area (Å²) in [4.78, 5) is 19.9. The lowest BCUT2D eigenvalue weighted by Crippen LogP contribution is -2.31. The van der Waals surface area contributed by atoms with E-state index in [9.17, 15) is 4.79 Å². The van der Waals surface area contributed by atoms with Gasteiger partial charge in [0.15, 0.2) is 0 Å². The molecule has 0 aliphatic heterocycles. The van der Waals surface area contributed by atoms with Gasteiger partial charge in [-0.3, -0.25) is 4.79 Å². The van der Waals surface area contributed by atoms with Crippen molar-refractivity contribution in [3.05, 3.63) is 39.9 Å². The number of thiazole rings is 1. The average molecular weight is 337 g/mol. The van der Waals surface area contributed by atoms with Crippen molar-refractivity contribution in [2.24, 2.45) is 0 Å². The summed E-state index contributed by atoms with van der Waals surface area (Å²) in [6, 6.07) is 7.55. The van der Waals surface area contributed by atoms with Crippen molar-refractivity contribution < 1.29 is 4.79 Å². The first kappa shape index (κ1) is 17.0. The fraction of sp³-hybridized carbons (Fsp3) is 0.412. The molecule has 0 atom stereocenters. The minimum atomic E-state index is 0.0890. The molecule has 2 rings (SSSR count). The lowest BCUT2D eigenvalue weighted by atomic mass is 10.2. The van der Waals surface area contributed by atoms with Gasteiger partial charge in [-0.25, -0.2) is 4.98 Å². The van der Waals surface area contributed by atoms with Crippen LogP contribution in [0.25, 0.3) is 10.6 Å². The van der Waals surface area contributed by atoms with E-state index >= 15 is 0 Å². The molecule has 0 saturated carbocycles. The topological polar surface area (TPSA) is 33.2 Å². The van der Waals surface area contributed by atoms with Crippen molar-refractivity contribution in [3.63, 3.8) is 0 Å². The van der Waals surface area contributed by atoms with Gasteiger partial charge in [-0.1, -0.05) is 37.1 Å². The third-order valence-electron chi connectivity index (χ3n) is 3.53. The van der Waals surface area contributed by atoms with Gasteiger partial charge in [0.05, 0.1) is 5.69 Å². The van der Waals surface area contributed by atoms with Crippen molar-refractivity contribution in [1.29, 1.82) is 0 Å². The third-order valence-corrected chi connectivity index (χ3v) is 4.98. The Morgan fingerprint density at radius 3 is 2.55 bits per heavy atom. The molecule has 118 valence electrons. The minimum Gasteiger partial charge on any atom is -0.338 e. The van der Waals surface area contributed by atoms with Crippen LogP contribution in [0.1, 0.15) is 42.1 Å². The first-order chi connectivity index (χ1) is 10.6. The number of carbonyl (C=O) groups excluding carboxylic acids is 1. The van der Waals surface area contributed by atoms with E-state index in [0.717, 1.165) is 47.1 Å². The quantitative estimate of drug-likeness (QED) is 0.740. The molecular weight excluding hydrogens is 316 g/mol. The van der Waals surface area contributed by atoms with E-state index < -0.39 is 0 Å². The summed E-state index contributed by atoms with van der Waals surface area (Å²) in [7, 11) is 0. The predicted octanol–water partition coefficient (Wildman–Crippen LogP) is 5.03. The molecule has 5 heteroatoms. The molecule has 22 heavy (non-hydrogen) atoms. The van der Waals surface area contributed by atoms with Crippen LogP contribution in [0.5, 0.6) is 0 Å². The van der Waals surface area contributed by atoms with E-state index in [1.807, 2.05) is 43.0 Å². The van der Waals surface area contributed by atoms with Gasteiger partial charge in [-0.05, 0) is 32.4 Å². The fourth-order valence-electron chi connectivity index (χ4n) is 2.21. The van der Waals surface area contributed by atoms with E-state index in [2.05, 4.69) is 11.9 Å². The Labute approximate surface area is 140 Å². The van der Waals surface area contributed by atoms with Gasteiger partial charge in [0.1, 0.15) is 9.88 Å². The number of benzene rings is 1. The third kappa shape index (κ3) is 3.87. The van der Waals surface area contributed by atoms with Gasteiger partial charge < -0.3 is 4.90 Å². The number of nitrogens with zero attached hydrogens (tertiary/aromatic N) is 2. The fourth-order valence-corrected chi connectivity index (χ4v) is 3.37. The summed E-state index contributed by atoms with van der Waals surface area (Å²) in [5.41, 5.74) is 1.79. The number of hydrogen-bond acceptors (Lipinski definition) is 3. The van der Waals surface area contributed by atoms with Gasteiger partial charge in [0, 0.05) is 23.7 Å². The highest BCUT2D eigenvalue weighted by molar-refractivity contribution is 7.17. The molecule has 0 saturated heterocycles. The molecular formula is C17H21ClN2OS. The van der Waals surface area contributed by atoms with Crippen molar-refractivity contribution in [2.75, 3.05) is 13.1 Å². The van der Waals surface area contributed by atoms with Crippen LogP contribution < -0.4 is 0 Å². The zero-order valence-electron chi connectivity index (χ0n) is 13.2. The van der Waals surface area contributed by atoms with Crippen LogP contribution in [-0.4, -0.2) is 28.9 Å². The number of unbranched alkanes of at least 4 members (excludes halogenated alkanes) is 1. The Bertz CT molecular complexity index is 637. The maximum Gasteiger partial charge on any atom is 0.265 e. The maximum absolute atomic E-state index is 12.7. The summed E-state index contributed by atoms with van der Waals surface area (Å²) >= 11 is 7.38. The second-order valence-corrected chi connectivity index (χ2v) is 6.61. The molecule has 0 aliphatic rings. The number of aryl methyl sites for hydroxylation is 1. The Morgan fingerprint density at radius 1 is 1.27 bits per heavy atom. The highest BCUT2D eigenvalue weighted by atomic mass is 35.5. The van der Waals surface area contributed by atoms with E-state index in [1.54, 1.807) is 0 Å². The molecule has 0 unspecified atom stereocenters. The van der Waals surface area contributed by atoms with Crippen LogP contribution in [0.2, 0.25) is 5.02 Å². The molecule has 1 aromatic heterocycles. The summed E-state index contributed by atoms with van der Waals surface area (Å²) in [5, 5.41) is 1.56. The van der Waals surface area contributed by atoms with E-state index in [-0.39, 0.29) is 5.91 Å². The molecule has 0 N–H and O–H groups in total. The molecule has 1 amide bonds. The Morgan fingerprint density at radius 2 is 1.95 bits per heavy atom. The van der Waals surface area contributed by atoms with Gasteiger partial charge in [-0.15, -0.1) is 11.3 Å². The van der Waals surface area contributed by atoms with Crippen LogP contribution in [0, 0.1) is 6.92 Å². The van der Waals surface area contributed by atoms with Crippen molar-refractivity contribution in [2.45, 2.75) is 33.6 Å². The second-order valence-electron chi connectivity index (χ2n) is 5.18. The largest absolute Gasteiger partial charge is 0.338 e. The Hall–Kier alpha value is -1.39. The lowest BCUT2D eigenvalue weighted by molar-refractivity contribution is 0.0766. The summed E-state index contributed by atoms with van der Waals surface area (Å²) < 4.78 is 0. The number of aromatic nitrogens is 1. The molecule has 0 aliphatic carbocycles. The van der Waals surface area contributed by atoms with Gasteiger partial charge >= 0.3 is 0 Å². The number of carbonyl (C=O) groups is 1. The van der Waals surface area contributed by atoms with E-state index in [0.29, 0.717) is 5.02 Å². The van der Waals surface area contributed by atoms with Crippen molar-refractivity contribution in [1.82, 2.24) is 9.88 Å². The van der Waals surface area contributed by atoms with Crippen LogP contribution >= 0.6 is 22.9 Å². The predicted molar refractivity (Wildman–Crippen MR) is 93.8 cm³/mol. The van der Waals surface area contributed by atoms with Crippen molar-refractivity contribution >= 4 is 28.8 Å². The first-order valence-corrected chi connectivity index (χ1v) is 8.78. The highest BCUT2D eigenvalue weighted by Gasteiger charge is 2.20. The smallest absolute Gasteiger partial charge is 0.265 e. The number of rotatable bonds is 6. The molecule has 2 aromatic rings. The van der Waals surface area contributed by atoms with Crippen LogP contribution in [0.4, 0.5) is 0 Å². The standard InChI is InChI=1S/C17H21ClN2OS/c1-4-6-11-20(5-2)17(21)15-12(3)19-16(22-15)13-7-9-14(18)10-8-13/h7-10H,4-6,11H2,1-3H3. The highest BCUT2D eigenvalue weighted by Crippen LogP contribution is 2.29. The Kier molecular flexibility index (Phi) is 5.98. The van der Waals surface area contributed by atoms with E-state index in [4.69, 9.17) is 11.6 Å². The zero-order chi connectivity index (χ0) is 16.1. The molecule has 0 bridgehead atoms. The van der Waals surface area contributed by atoms with Gasteiger partial charge in [0.2, 0.25) is 0 Å². The zero-order valence-corrected chi connectivity index (χ0v) is 14.8. The summed E-state index contributed by atoms with van der Waals surface area (Å²) in [5.74, 6) is 0.0890. The molecule has 1 aromatic carbocycles. The normalized spacial score (nSPS) is 10.7. The van der Waals surface area contributed by atoms with Crippen LogP contribution in [0.3, 0.4) is 0 Å². The van der Waals surface area contributed by atoms with Gasteiger partial charge in [-0.2, -0.15) is 0 Å². The molecule has 0 spiro atoms. The number of halogens is 1. The molecule has 1 heterocycles. The maximum atomic E-state index is 12.7. The van der Waals surface area contributed by atoms with Crippen LogP contribution in [0.15, 0.2) is 24.3 Å². The molecule has 0 radical (unpaired) electrons. The average Bonchev–Trinajstić information content (AvgIpc) is 2.90. The SMILES string of the molecule is CCCCN(CC)C(=O)c1sc(-c2ccc(Cl)cc2)nc1C. The minimum absolute atomic E-state index is 0.0890. The Balaban J connectivity index is 2.25. The number of amides is 1. The van der Waals surface area contributed by atoms with Gasteiger partial charge in [0.25, 0.3) is 5.91 Å². The summed E-state index contributed by atoms with van der Waals surface area (Å²) in [6.45, 7) is 7.58. The molecule has 0 fully saturated rings. The lowest BCUT2D eigenvalue weighted by Gasteiger charge is -2.19. The van der Waals surface area contributed by atoms with Crippen LogP contribution in [-0.2, 0) is 0 Å².